The number of hydrogen-bond acceptors (Lipinski definition) is 4. The predicted molar refractivity (Wildman–Crippen MR) is 81.4 cm³/mol. The highest BCUT2D eigenvalue weighted by atomic mass is 35.5. The number of nitriles is 1. The number of aromatic hydroxyl groups is 1. The minimum Gasteiger partial charge on any atom is -0.504 e. The second-order valence-electron chi connectivity index (χ2n) is 4.53. The van der Waals surface area contributed by atoms with Crippen molar-refractivity contribution in [1.29, 1.82) is 5.26 Å². The number of nitrogens with one attached hydrogen (secondary N) is 1. The Labute approximate surface area is 128 Å². The molecule has 21 heavy (non-hydrogen) atoms. The van der Waals surface area contributed by atoms with Gasteiger partial charge in [-0.05, 0) is 23.8 Å². The lowest BCUT2D eigenvalue weighted by atomic mass is 10.1. The van der Waals surface area contributed by atoms with Crippen molar-refractivity contribution in [3.8, 4) is 17.6 Å². The summed E-state index contributed by atoms with van der Waals surface area (Å²) >= 11 is 5.98. The minimum absolute atomic E-state index is 0.0835. The van der Waals surface area contributed by atoms with E-state index in [1.54, 1.807) is 18.2 Å². The van der Waals surface area contributed by atoms with Crippen LogP contribution in [0.25, 0.3) is 0 Å². The maximum Gasteiger partial charge on any atom is 0.162 e. The first-order valence-corrected chi connectivity index (χ1v) is 6.77. The summed E-state index contributed by atoms with van der Waals surface area (Å²) in [5.41, 5.74) is 2.29. The molecule has 0 saturated carbocycles. The van der Waals surface area contributed by atoms with Gasteiger partial charge in [-0.2, -0.15) is 5.26 Å². The summed E-state index contributed by atoms with van der Waals surface area (Å²) in [5, 5.41) is 22.6. The number of hydrogen-bond donors (Lipinski definition) is 2. The second-order valence-corrected chi connectivity index (χ2v) is 4.97. The summed E-state index contributed by atoms with van der Waals surface area (Å²) in [6.07, 6.45) is 0. The molecule has 2 rings (SSSR count). The summed E-state index contributed by atoms with van der Waals surface area (Å²) in [5.74, 6) is 0.436. The lowest BCUT2D eigenvalue weighted by Gasteiger charge is -2.11. The number of ether oxygens (including phenoxy) is 1. The van der Waals surface area contributed by atoms with E-state index in [9.17, 15) is 5.11 Å². The maximum atomic E-state index is 10.0. The monoisotopic (exact) mass is 302 g/mol. The van der Waals surface area contributed by atoms with Crippen molar-refractivity contribution in [2.45, 2.75) is 13.1 Å². The van der Waals surface area contributed by atoms with Crippen molar-refractivity contribution in [2.75, 3.05) is 7.11 Å². The third-order valence-corrected chi connectivity index (χ3v) is 3.26. The Hall–Kier alpha value is -2.22. The van der Waals surface area contributed by atoms with Crippen molar-refractivity contribution in [3.05, 3.63) is 58.1 Å². The summed E-state index contributed by atoms with van der Waals surface area (Å²) < 4.78 is 5.06. The van der Waals surface area contributed by atoms with Crippen molar-refractivity contribution in [2.24, 2.45) is 0 Å². The smallest absolute Gasteiger partial charge is 0.162 e. The first-order chi connectivity index (χ1) is 10.1. The lowest BCUT2D eigenvalue weighted by Crippen LogP contribution is -2.13. The molecule has 0 fully saturated rings. The first-order valence-electron chi connectivity index (χ1n) is 6.39. The van der Waals surface area contributed by atoms with Crippen LogP contribution < -0.4 is 10.1 Å². The van der Waals surface area contributed by atoms with Gasteiger partial charge in [-0.15, -0.1) is 0 Å². The molecule has 2 aromatic carbocycles. The first kappa shape index (κ1) is 15.2. The fraction of sp³-hybridized carbons (Fsp3) is 0.188. The summed E-state index contributed by atoms with van der Waals surface area (Å²) in [6, 6.07) is 12.7. The van der Waals surface area contributed by atoms with Gasteiger partial charge in [0.25, 0.3) is 0 Å². The van der Waals surface area contributed by atoms with Crippen molar-refractivity contribution in [1.82, 2.24) is 5.32 Å². The van der Waals surface area contributed by atoms with Gasteiger partial charge in [0.2, 0.25) is 0 Å². The molecular formula is C16H15ClN2O2. The standard InChI is InChI=1S/C16H15ClN2O2/c1-21-15-7-14(17)6-13(16(15)20)10-19-9-12-4-2-3-11(5-12)8-18/h2-7,19-20H,9-10H2,1H3. The highest BCUT2D eigenvalue weighted by Gasteiger charge is 2.09. The van der Waals surface area contributed by atoms with Gasteiger partial charge in [0.15, 0.2) is 11.5 Å². The third kappa shape index (κ3) is 3.88. The van der Waals surface area contributed by atoms with E-state index in [-0.39, 0.29) is 5.75 Å². The molecule has 0 amide bonds. The Balaban J connectivity index is 2.03. The van der Waals surface area contributed by atoms with E-state index in [4.69, 9.17) is 21.6 Å². The number of phenols is 1. The fourth-order valence-electron chi connectivity index (χ4n) is 2.01. The Bertz CT molecular complexity index is 680. The number of methoxy groups -OCH3 is 1. The van der Waals surface area contributed by atoms with Crippen LogP contribution in [-0.4, -0.2) is 12.2 Å². The van der Waals surface area contributed by atoms with Gasteiger partial charge in [0, 0.05) is 29.7 Å². The highest BCUT2D eigenvalue weighted by Crippen LogP contribution is 2.33. The van der Waals surface area contributed by atoms with Gasteiger partial charge in [0.1, 0.15) is 0 Å². The number of halogens is 1. The molecule has 0 aliphatic heterocycles. The van der Waals surface area contributed by atoms with E-state index < -0.39 is 0 Å². The third-order valence-electron chi connectivity index (χ3n) is 3.04. The van der Waals surface area contributed by atoms with Crippen LogP contribution in [0.1, 0.15) is 16.7 Å². The molecule has 0 saturated heterocycles. The molecule has 0 aliphatic rings. The summed E-state index contributed by atoms with van der Waals surface area (Å²) in [7, 11) is 1.48. The zero-order valence-electron chi connectivity index (χ0n) is 11.6. The average molecular weight is 303 g/mol. The van der Waals surface area contributed by atoms with Crippen LogP contribution in [0.2, 0.25) is 5.02 Å². The van der Waals surface area contributed by atoms with Crippen LogP contribution >= 0.6 is 11.6 Å². The molecule has 0 unspecified atom stereocenters. The number of rotatable bonds is 5. The van der Waals surface area contributed by atoms with Gasteiger partial charge in [0.05, 0.1) is 18.7 Å². The van der Waals surface area contributed by atoms with Crippen molar-refractivity contribution >= 4 is 11.6 Å². The number of phenolic OH excluding ortho intramolecular Hbond substituents is 1. The topological polar surface area (TPSA) is 65.3 Å². The second kappa shape index (κ2) is 6.98. The summed E-state index contributed by atoms with van der Waals surface area (Å²) in [4.78, 5) is 0. The molecule has 0 aromatic heterocycles. The molecule has 2 aromatic rings. The molecule has 2 N–H and O–H groups in total. The minimum atomic E-state index is 0.0835. The Kier molecular flexibility index (Phi) is 5.04. The van der Waals surface area contributed by atoms with E-state index >= 15 is 0 Å². The van der Waals surface area contributed by atoms with E-state index in [2.05, 4.69) is 11.4 Å². The van der Waals surface area contributed by atoms with E-state index in [1.807, 2.05) is 18.2 Å². The predicted octanol–water partition coefficient (Wildman–Crippen LogP) is 3.22. The largest absolute Gasteiger partial charge is 0.504 e. The molecule has 4 nitrogen and oxygen atoms in total. The molecule has 108 valence electrons. The van der Waals surface area contributed by atoms with Crippen LogP contribution in [0.15, 0.2) is 36.4 Å². The van der Waals surface area contributed by atoms with Gasteiger partial charge in [-0.25, -0.2) is 0 Å². The normalized spacial score (nSPS) is 10.1. The zero-order valence-corrected chi connectivity index (χ0v) is 12.3. The van der Waals surface area contributed by atoms with Crippen LogP contribution in [0.4, 0.5) is 0 Å². The van der Waals surface area contributed by atoms with Crippen LogP contribution in [0, 0.1) is 11.3 Å². The van der Waals surface area contributed by atoms with Crippen LogP contribution in [-0.2, 0) is 13.1 Å². The molecule has 0 heterocycles. The van der Waals surface area contributed by atoms with Crippen LogP contribution in [0.3, 0.4) is 0 Å². The molecule has 0 atom stereocenters. The zero-order chi connectivity index (χ0) is 15.2. The molecular weight excluding hydrogens is 288 g/mol. The number of benzene rings is 2. The van der Waals surface area contributed by atoms with E-state index in [0.717, 1.165) is 5.56 Å². The molecule has 0 radical (unpaired) electrons. The lowest BCUT2D eigenvalue weighted by molar-refractivity contribution is 0.369. The molecule has 0 aliphatic carbocycles. The quantitative estimate of drug-likeness (QED) is 0.890. The van der Waals surface area contributed by atoms with Crippen molar-refractivity contribution < 1.29 is 9.84 Å². The fourth-order valence-corrected chi connectivity index (χ4v) is 2.24. The molecule has 5 heteroatoms. The SMILES string of the molecule is COc1cc(Cl)cc(CNCc2cccc(C#N)c2)c1O. The van der Waals surface area contributed by atoms with Gasteiger partial charge >= 0.3 is 0 Å². The van der Waals surface area contributed by atoms with Gasteiger partial charge < -0.3 is 15.2 Å². The average Bonchev–Trinajstić information content (AvgIpc) is 2.50. The van der Waals surface area contributed by atoms with E-state index in [0.29, 0.717) is 35.0 Å². The van der Waals surface area contributed by atoms with Crippen LogP contribution in [0.5, 0.6) is 11.5 Å². The Morgan fingerprint density at radius 1 is 1.29 bits per heavy atom. The molecule has 0 spiro atoms. The number of nitrogens with zero attached hydrogens (tertiary/aromatic N) is 1. The van der Waals surface area contributed by atoms with Gasteiger partial charge in [-0.3, -0.25) is 0 Å². The Morgan fingerprint density at radius 2 is 2.10 bits per heavy atom. The highest BCUT2D eigenvalue weighted by molar-refractivity contribution is 6.30. The van der Waals surface area contributed by atoms with E-state index in [1.165, 1.54) is 7.11 Å². The summed E-state index contributed by atoms with van der Waals surface area (Å²) in [6.45, 7) is 1.03. The van der Waals surface area contributed by atoms with Crippen molar-refractivity contribution in [3.63, 3.8) is 0 Å². The maximum absolute atomic E-state index is 10.0. The molecule has 0 bridgehead atoms. The Morgan fingerprint density at radius 3 is 2.81 bits per heavy atom. The van der Waals surface area contributed by atoms with Gasteiger partial charge in [-0.1, -0.05) is 23.7 Å².